The second kappa shape index (κ2) is 9.37. The van der Waals surface area contributed by atoms with E-state index in [0.29, 0.717) is 40.9 Å². The largest absolute Gasteiger partial charge is 0.489 e. The second-order valence-corrected chi connectivity index (χ2v) is 9.06. The van der Waals surface area contributed by atoms with Gasteiger partial charge in [0.05, 0.1) is 17.2 Å². The number of esters is 1. The van der Waals surface area contributed by atoms with Crippen LogP contribution in [0.15, 0.2) is 36.4 Å². The molecule has 0 unspecified atom stereocenters. The zero-order chi connectivity index (χ0) is 22.8. The van der Waals surface area contributed by atoms with Gasteiger partial charge in [-0.05, 0) is 68.1 Å². The predicted octanol–water partition coefficient (Wildman–Crippen LogP) is 5.58. The highest BCUT2D eigenvalue weighted by Crippen LogP contribution is 2.34. The number of hydrogen-bond acceptors (Lipinski definition) is 5. The third-order valence-corrected chi connectivity index (χ3v) is 5.52. The summed E-state index contributed by atoms with van der Waals surface area (Å²) in [7, 11) is 1.30. The van der Waals surface area contributed by atoms with E-state index in [1.54, 1.807) is 45.0 Å². The molecule has 3 rings (SSSR count). The van der Waals surface area contributed by atoms with Crippen molar-refractivity contribution in [1.29, 1.82) is 0 Å². The molecule has 8 heteroatoms. The number of methoxy groups -OCH3 is 1. The molecule has 1 aliphatic heterocycles. The van der Waals surface area contributed by atoms with E-state index in [1.807, 2.05) is 12.1 Å². The van der Waals surface area contributed by atoms with Crippen molar-refractivity contribution >= 4 is 35.3 Å². The van der Waals surface area contributed by atoms with E-state index in [0.717, 1.165) is 11.1 Å². The maximum Gasteiger partial charge on any atom is 0.411 e. The van der Waals surface area contributed by atoms with Gasteiger partial charge >= 0.3 is 12.1 Å². The molecule has 1 amide bonds. The molecule has 1 aliphatic rings. The van der Waals surface area contributed by atoms with Gasteiger partial charge in [-0.25, -0.2) is 9.59 Å². The SMILES string of the molecule is COC(=O)[C@H]1c2ccc(OCc3ccc(Cl)c(Cl)c3)cc2CCN1C(=O)OC(C)(C)C. The number of nitrogens with zero attached hydrogens (tertiary/aromatic N) is 1. The van der Waals surface area contributed by atoms with Crippen molar-refractivity contribution in [1.82, 2.24) is 4.90 Å². The third kappa shape index (κ3) is 5.63. The lowest BCUT2D eigenvalue weighted by Gasteiger charge is -2.36. The quantitative estimate of drug-likeness (QED) is 0.551. The van der Waals surface area contributed by atoms with Gasteiger partial charge in [-0.15, -0.1) is 0 Å². The molecule has 0 saturated carbocycles. The summed E-state index contributed by atoms with van der Waals surface area (Å²) in [5.41, 5.74) is 1.84. The van der Waals surface area contributed by atoms with Crippen molar-refractivity contribution in [2.45, 2.75) is 45.4 Å². The van der Waals surface area contributed by atoms with Crippen molar-refractivity contribution in [2.24, 2.45) is 0 Å². The van der Waals surface area contributed by atoms with Crippen LogP contribution in [0, 0.1) is 0 Å². The van der Waals surface area contributed by atoms with Crippen LogP contribution in [0.3, 0.4) is 0 Å². The first-order valence-electron chi connectivity index (χ1n) is 9.86. The van der Waals surface area contributed by atoms with Gasteiger partial charge in [0.25, 0.3) is 0 Å². The Morgan fingerprint density at radius 1 is 1.10 bits per heavy atom. The molecule has 2 aromatic carbocycles. The Bertz CT molecular complexity index is 986. The number of benzene rings is 2. The van der Waals surface area contributed by atoms with Crippen LogP contribution in [0.4, 0.5) is 4.79 Å². The molecule has 0 fully saturated rings. The smallest absolute Gasteiger partial charge is 0.411 e. The van der Waals surface area contributed by atoms with E-state index in [9.17, 15) is 9.59 Å². The molecular formula is C23H25Cl2NO5. The third-order valence-electron chi connectivity index (χ3n) is 4.78. The van der Waals surface area contributed by atoms with E-state index in [1.165, 1.54) is 12.0 Å². The average molecular weight is 466 g/mol. The van der Waals surface area contributed by atoms with Crippen molar-refractivity contribution in [3.63, 3.8) is 0 Å². The molecule has 1 heterocycles. The number of ether oxygens (including phenoxy) is 3. The summed E-state index contributed by atoms with van der Waals surface area (Å²) in [6.45, 7) is 6.01. The Kier molecular flexibility index (Phi) is 7.02. The lowest BCUT2D eigenvalue weighted by atomic mass is 9.92. The predicted molar refractivity (Wildman–Crippen MR) is 119 cm³/mol. The number of carbonyl (C=O) groups is 2. The topological polar surface area (TPSA) is 65.1 Å². The molecule has 0 aromatic heterocycles. The normalized spacial score (nSPS) is 15.8. The van der Waals surface area contributed by atoms with Gasteiger partial charge < -0.3 is 14.2 Å². The summed E-state index contributed by atoms with van der Waals surface area (Å²) < 4.78 is 16.3. The van der Waals surface area contributed by atoms with E-state index in [-0.39, 0.29) is 0 Å². The minimum absolute atomic E-state index is 0.320. The number of halogens is 2. The Balaban J connectivity index is 1.81. The van der Waals surface area contributed by atoms with Gasteiger partial charge in [-0.1, -0.05) is 35.3 Å². The minimum Gasteiger partial charge on any atom is -0.489 e. The summed E-state index contributed by atoms with van der Waals surface area (Å²) >= 11 is 12.0. The van der Waals surface area contributed by atoms with E-state index < -0.39 is 23.7 Å². The maximum absolute atomic E-state index is 12.7. The van der Waals surface area contributed by atoms with Gasteiger partial charge in [0.2, 0.25) is 0 Å². The van der Waals surface area contributed by atoms with Gasteiger partial charge in [-0.3, -0.25) is 4.90 Å². The number of rotatable bonds is 4. The molecule has 0 bridgehead atoms. The fourth-order valence-corrected chi connectivity index (χ4v) is 3.69. The lowest BCUT2D eigenvalue weighted by Crippen LogP contribution is -2.46. The van der Waals surface area contributed by atoms with Crippen LogP contribution in [-0.4, -0.2) is 36.2 Å². The Morgan fingerprint density at radius 2 is 1.84 bits per heavy atom. The molecule has 0 N–H and O–H groups in total. The molecule has 0 radical (unpaired) electrons. The fraction of sp³-hybridized carbons (Fsp3) is 0.391. The van der Waals surface area contributed by atoms with E-state index in [4.69, 9.17) is 37.4 Å². The van der Waals surface area contributed by atoms with Crippen LogP contribution in [0.5, 0.6) is 5.75 Å². The number of hydrogen-bond donors (Lipinski definition) is 0. The van der Waals surface area contributed by atoms with Crippen LogP contribution < -0.4 is 4.74 Å². The van der Waals surface area contributed by atoms with E-state index >= 15 is 0 Å². The molecular weight excluding hydrogens is 441 g/mol. The van der Waals surface area contributed by atoms with Crippen LogP contribution in [0.1, 0.15) is 43.5 Å². The van der Waals surface area contributed by atoms with Crippen molar-refractivity contribution in [3.05, 3.63) is 63.1 Å². The highest BCUT2D eigenvalue weighted by molar-refractivity contribution is 6.42. The lowest BCUT2D eigenvalue weighted by molar-refractivity contribution is -0.147. The zero-order valence-corrected chi connectivity index (χ0v) is 19.4. The van der Waals surface area contributed by atoms with Gasteiger partial charge in [-0.2, -0.15) is 0 Å². The highest BCUT2D eigenvalue weighted by atomic mass is 35.5. The van der Waals surface area contributed by atoms with Crippen LogP contribution >= 0.6 is 23.2 Å². The molecule has 0 spiro atoms. The number of carbonyl (C=O) groups excluding carboxylic acids is 2. The summed E-state index contributed by atoms with van der Waals surface area (Å²) in [4.78, 5) is 26.6. The summed E-state index contributed by atoms with van der Waals surface area (Å²) in [5.74, 6) is 0.135. The molecule has 0 aliphatic carbocycles. The Morgan fingerprint density at radius 3 is 2.48 bits per heavy atom. The first kappa shape index (κ1) is 23.2. The van der Waals surface area contributed by atoms with Crippen molar-refractivity contribution < 1.29 is 23.8 Å². The summed E-state index contributed by atoms with van der Waals surface area (Å²) in [5, 5.41) is 0.957. The van der Waals surface area contributed by atoms with Crippen LogP contribution in [0.25, 0.3) is 0 Å². The molecule has 31 heavy (non-hydrogen) atoms. The summed E-state index contributed by atoms with van der Waals surface area (Å²) in [6, 6.07) is 9.90. The van der Waals surface area contributed by atoms with Gasteiger partial charge in [0, 0.05) is 6.54 Å². The van der Waals surface area contributed by atoms with Gasteiger partial charge in [0.1, 0.15) is 18.0 Å². The molecule has 2 aromatic rings. The number of amides is 1. The molecule has 6 nitrogen and oxygen atoms in total. The minimum atomic E-state index is -0.868. The van der Waals surface area contributed by atoms with Crippen molar-refractivity contribution in [3.8, 4) is 5.75 Å². The highest BCUT2D eigenvalue weighted by Gasteiger charge is 2.39. The van der Waals surface area contributed by atoms with Crippen LogP contribution in [0.2, 0.25) is 10.0 Å². The average Bonchev–Trinajstić information content (AvgIpc) is 2.71. The van der Waals surface area contributed by atoms with Crippen molar-refractivity contribution in [2.75, 3.05) is 13.7 Å². The maximum atomic E-state index is 12.7. The van der Waals surface area contributed by atoms with Crippen LogP contribution in [-0.2, 0) is 27.3 Å². The molecule has 1 atom stereocenters. The first-order chi connectivity index (χ1) is 14.6. The Hall–Kier alpha value is -2.44. The first-order valence-corrected chi connectivity index (χ1v) is 10.6. The summed E-state index contributed by atoms with van der Waals surface area (Å²) in [6.07, 6.45) is 0.0139. The fourth-order valence-electron chi connectivity index (χ4n) is 3.37. The standard InChI is InChI=1S/C23H25Cl2NO5/c1-23(2,3)31-22(28)26-10-9-15-12-16(6-7-17(15)20(26)21(27)29-4)30-13-14-5-8-18(24)19(25)11-14/h5-8,11-12,20H,9-10,13H2,1-4H3/t20-/m1/s1. The van der Waals surface area contributed by atoms with Gasteiger partial charge in [0.15, 0.2) is 6.04 Å². The monoisotopic (exact) mass is 465 g/mol. The van der Waals surface area contributed by atoms with E-state index in [2.05, 4.69) is 0 Å². The molecule has 0 saturated heterocycles. The zero-order valence-electron chi connectivity index (χ0n) is 17.9. The Labute approximate surface area is 192 Å². The second-order valence-electron chi connectivity index (χ2n) is 8.25. The number of fused-ring (bicyclic) bond motifs is 1. The molecule has 166 valence electrons.